The van der Waals surface area contributed by atoms with Crippen molar-refractivity contribution in [2.45, 2.75) is 64.6 Å². The molecule has 0 amide bonds. The lowest BCUT2D eigenvalue weighted by molar-refractivity contribution is -0.116. The molecule has 0 saturated carbocycles. The highest BCUT2D eigenvalue weighted by atomic mass is 32.2. The monoisotopic (exact) mass is 286 g/mol. The van der Waals surface area contributed by atoms with Crippen molar-refractivity contribution in [1.29, 1.82) is 0 Å². The van der Waals surface area contributed by atoms with Crippen LogP contribution in [0.2, 0.25) is 19.6 Å². The molecule has 0 spiro atoms. The van der Waals surface area contributed by atoms with E-state index in [0.717, 1.165) is 0 Å². The Labute approximate surface area is 117 Å². The molecule has 0 aliphatic heterocycles. The minimum atomic E-state index is -1.50. The Morgan fingerprint density at radius 1 is 1.33 bits per heavy atom. The van der Waals surface area contributed by atoms with Gasteiger partial charge in [-0.15, -0.1) is 5.54 Å². The number of carbonyl (C=O) groups is 1. The predicted molar refractivity (Wildman–Crippen MR) is 83.3 cm³/mol. The molecule has 0 aromatic rings. The van der Waals surface area contributed by atoms with E-state index in [2.05, 4.69) is 31.1 Å². The van der Waals surface area contributed by atoms with E-state index in [0.29, 0.717) is 6.42 Å². The molecule has 0 fully saturated rings. The molecule has 2 nitrogen and oxygen atoms in total. The summed E-state index contributed by atoms with van der Waals surface area (Å²) in [7, 11) is -1.50. The maximum Gasteiger partial charge on any atom is 0.196 e. The van der Waals surface area contributed by atoms with Gasteiger partial charge in [0.05, 0.1) is 5.92 Å². The van der Waals surface area contributed by atoms with E-state index >= 15 is 0 Å². The average Bonchev–Trinajstić information content (AvgIpc) is 2.11. The average molecular weight is 287 g/mol. The lowest BCUT2D eigenvalue weighted by Gasteiger charge is -2.22. The van der Waals surface area contributed by atoms with E-state index in [9.17, 15) is 9.90 Å². The van der Waals surface area contributed by atoms with E-state index in [4.69, 9.17) is 0 Å². The second kappa shape index (κ2) is 6.79. The van der Waals surface area contributed by atoms with Gasteiger partial charge in [0.2, 0.25) is 0 Å². The van der Waals surface area contributed by atoms with Gasteiger partial charge in [0, 0.05) is 4.75 Å². The zero-order chi connectivity index (χ0) is 14.6. The van der Waals surface area contributed by atoms with Gasteiger partial charge < -0.3 is 5.11 Å². The first kappa shape index (κ1) is 17.8. The summed E-state index contributed by atoms with van der Waals surface area (Å²) in [5.41, 5.74) is 3.13. The van der Waals surface area contributed by atoms with Gasteiger partial charge >= 0.3 is 0 Å². The molecule has 0 aromatic carbocycles. The zero-order valence-corrected chi connectivity index (χ0v) is 14.4. The third-order valence-corrected chi connectivity index (χ3v) is 4.14. The van der Waals surface area contributed by atoms with Crippen molar-refractivity contribution in [2.24, 2.45) is 5.92 Å². The van der Waals surface area contributed by atoms with Gasteiger partial charge in [-0.2, -0.15) is 0 Å². The summed E-state index contributed by atoms with van der Waals surface area (Å²) >= 11 is 1.30. The third-order valence-electron chi connectivity index (χ3n) is 2.13. The summed E-state index contributed by atoms with van der Waals surface area (Å²) in [5.74, 6) is 2.50. The molecule has 1 N–H and O–H groups in total. The van der Waals surface area contributed by atoms with Crippen molar-refractivity contribution in [3.63, 3.8) is 0 Å². The van der Waals surface area contributed by atoms with Crippen LogP contribution in [0.3, 0.4) is 0 Å². The highest BCUT2D eigenvalue weighted by Gasteiger charge is 2.28. The lowest BCUT2D eigenvalue weighted by Crippen LogP contribution is -2.28. The van der Waals surface area contributed by atoms with Crippen molar-refractivity contribution >= 4 is 25.0 Å². The molecule has 0 aliphatic carbocycles. The van der Waals surface area contributed by atoms with E-state index in [1.54, 1.807) is 0 Å². The summed E-state index contributed by atoms with van der Waals surface area (Å²) in [4.78, 5) is 12.1. The molecule has 104 valence electrons. The Morgan fingerprint density at radius 2 is 1.83 bits per heavy atom. The van der Waals surface area contributed by atoms with E-state index < -0.39 is 14.2 Å². The number of hydrogen-bond acceptors (Lipinski definition) is 3. The second-order valence-corrected chi connectivity index (χ2v) is 13.1. The highest BCUT2D eigenvalue weighted by molar-refractivity contribution is 8.14. The number of thioether (sulfide) groups is 1. The molecule has 2 atom stereocenters. The lowest BCUT2D eigenvalue weighted by atomic mass is 10.0. The quantitative estimate of drug-likeness (QED) is 0.639. The fourth-order valence-electron chi connectivity index (χ4n) is 1.29. The van der Waals surface area contributed by atoms with Crippen LogP contribution in [0.5, 0.6) is 0 Å². The normalized spacial score (nSPS) is 15.6. The van der Waals surface area contributed by atoms with Gasteiger partial charge in [-0.25, -0.2) is 0 Å². The van der Waals surface area contributed by atoms with Crippen LogP contribution < -0.4 is 0 Å². The first-order valence-electron chi connectivity index (χ1n) is 6.40. The number of aliphatic hydroxyl groups excluding tert-OH is 1. The molecular formula is C14H26O2SSi. The number of aliphatic hydroxyl groups is 1. The molecule has 0 rings (SSSR count). The van der Waals surface area contributed by atoms with Crippen molar-refractivity contribution in [3.05, 3.63) is 0 Å². The summed E-state index contributed by atoms with van der Waals surface area (Å²) < 4.78 is -0.115. The SMILES string of the molecule is CC[C@H](C(=O)SC(C)(C)C)[C@H](O)C#C[Si](C)(C)C. The molecule has 0 heterocycles. The van der Waals surface area contributed by atoms with Gasteiger partial charge in [-0.1, -0.05) is 65.0 Å². The Hall–Kier alpha value is -0.243. The summed E-state index contributed by atoms with van der Waals surface area (Å²) in [6, 6.07) is 0. The van der Waals surface area contributed by atoms with Crippen LogP contribution in [0, 0.1) is 17.4 Å². The van der Waals surface area contributed by atoms with E-state index in [1.807, 2.05) is 27.7 Å². The minimum Gasteiger partial charge on any atom is -0.380 e. The van der Waals surface area contributed by atoms with Crippen LogP contribution in [0.1, 0.15) is 34.1 Å². The van der Waals surface area contributed by atoms with Crippen LogP contribution in [0.25, 0.3) is 0 Å². The Balaban J connectivity index is 4.77. The van der Waals surface area contributed by atoms with Crippen LogP contribution >= 0.6 is 11.8 Å². The number of hydrogen-bond donors (Lipinski definition) is 1. The molecule has 0 radical (unpaired) electrons. The van der Waals surface area contributed by atoms with Crippen LogP contribution in [-0.4, -0.2) is 29.1 Å². The second-order valence-electron chi connectivity index (χ2n) is 6.51. The molecule has 0 saturated heterocycles. The van der Waals surface area contributed by atoms with E-state index in [1.165, 1.54) is 11.8 Å². The molecule has 4 heteroatoms. The van der Waals surface area contributed by atoms with Gasteiger partial charge in [0.15, 0.2) is 5.12 Å². The topological polar surface area (TPSA) is 37.3 Å². The number of rotatable bonds is 3. The van der Waals surface area contributed by atoms with Gasteiger partial charge in [0.1, 0.15) is 14.2 Å². The largest absolute Gasteiger partial charge is 0.380 e. The van der Waals surface area contributed by atoms with Crippen molar-refractivity contribution < 1.29 is 9.90 Å². The predicted octanol–water partition coefficient (Wildman–Crippen LogP) is 3.31. The fourth-order valence-corrected chi connectivity index (χ4v) is 2.92. The number of carbonyl (C=O) groups excluding carboxylic acids is 1. The van der Waals surface area contributed by atoms with Gasteiger partial charge in [0.25, 0.3) is 0 Å². The van der Waals surface area contributed by atoms with E-state index in [-0.39, 0.29) is 15.8 Å². The Kier molecular flexibility index (Phi) is 6.70. The molecule has 0 bridgehead atoms. The minimum absolute atomic E-state index is 0.0439. The molecular weight excluding hydrogens is 260 g/mol. The fraction of sp³-hybridized carbons (Fsp3) is 0.786. The van der Waals surface area contributed by atoms with Gasteiger partial charge in [-0.05, 0) is 6.42 Å². The molecule has 0 aliphatic rings. The highest BCUT2D eigenvalue weighted by Crippen LogP contribution is 2.29. The summed E-state index contributed by atoms with van der Waals surface area (Å²) in [6.07, 6.45) is -0.201. The zero-order valence-electron chi connectivity index (χ0n) is 12.6. The van der Waals surface area contributed by atoms with Crippen LogP contribution in [-0.2, 0) is 4.79 Å². The van der Waals surface area contributed by atoms with Crippen molar-refractivity contribution in [1.82, 2.24) is 0 Å². The molecule has 0 unspecified atom stereocenters. The standard InChI is InChI=1S/C14H26O2SSi/c1-8-11(13(16)17-14(2,3)4)12(15)9-10-18(5,6)7/h11-12,15H,8H2,1-7H3/t11-,12+/m0/s1. The maximum absolute atomic E-state index is 12.1. The first-order valence-corrected chi connectivity index (χ1v) is 10.7. The Morgan fingerprint density at radius 3 is 2.17 bits per heavy atom. The summed E-state index contributed by atoms with van der Waals surface area (Å²) in [5, 5.41) is 10.1. The van der Waals surface area contributed by atoms with Crippen LogP contribution in [0.4, 0.5) is 0 Å². The van der Waals surface area contributed by atoms with Crippen molar-refractivity contribution in [3.8, 4) is 11.5 Å². The molecule has 0 aromatic heterocycles. The first-order chi connectivity index (χ1) is 7.96. The molecule has 18 heavy (non-hydrogen) atoms. The smallest absolute Gasteiger partial charge is 0.196 e. The van der Waals surface area contributed by atoms with Crippen LogP contribution in [0.15, 0.2) is 0 Å². The Bertz CT molecular complexity index is 342. The van der Waals surface area contributed by atoms with Gasteiger partial charge in [-0.3, -0.25) is 4.79 Å². The summed E-state index contributed by atoms with van der Waals surface area (Å²) in [6.45, 7) is 14.3. The van der Waals surface area contributed by atoms with Crippen molar-refractivity contribution in [2.75, 3.05) is 0 Å². The maximum atomic E-state index is 12.1. The third kappa shape index (κ3) is 7.96.